The number of nitrogens with zero attached hydrogens (tertiary/aromatic N) is 2. The molecule has 106 valence electrons. The number of hydrogen-bond acceptors (Lipinski definition) is 4. The number of nitrogens with one attached hydrogen (secondary N) is 1. The number of halogens is 2. The molecule has 0 aliphatic heterocycles. The van der Waals surface area contributed by atoms with Crippen LogP contribution in [0.5, 0.6) is 0 Å². The molecule has 2 aromatic rings. The van der Waals surface area contributed by atoms with Gasteiger partial charge in [0.1, 0.15) is 11.9 Å². The SMILES string of the molecule is Cc1noc(C(C)NC(=O)Cc2c(F)cccc2Cl)n1. The van der Waals surface area contributed by atoms with Gasteiger partial charge in [0.25, 0.3) is 0 Å². The van der Waals surface area contributed by atoms with Crippen LogP contribution in [0.2, 0.25) is 5.02 Å². The standard InChI is InChI=1S/C13H13ClFN3O2/c1-7(13-17-8(2)18-20-13)16-12(19)6-9-10(14)4-3-5-11(9)15/h3-5,7H,6H2,1-2H3,(H,16,19). The van der Waals surface area contributed by atoms with Crippen LogP contribution in [0, 0.1) is 12.7 Å². The zero-order valence-corrected chi connectivity index (χ0v) is 11.7. The van der Waals surface area contributed by atoms with Crippen molar-refractivity contribution in [2.75, 3.05) is 0 Å². The van der Waals surface area contributed by atoms with Crippen molar-refractivity contribution in [3.05, 3.63) is 46.3 Å². The Hall–Kier alpha value is -1.95. The van der Waals surface area contributed by atoms with Crippen LogP contribution in [0.4, 0.5) is 4.39 Å². The lowest BCUT2D eigenvalue weighted by molar-refractivity contribution is -0.121. The molecule has 0 aliphatic carbocycles. The summed E-state index contributed by atoms with van der Waals surface area (Å²) in [6, 6.07) is 3.84. The first-order valence-corrected chi connectivity index (χ1v) is 6.37. The highest BCUT2D eigenvalue weighted by Crippen LogP contribution is 2.19. The molecular weight excluding hydrogens is 285 g/mol. The molecule has 20 heavy (non-hydrogen) atoms. The minimum atomic E-state index is -0.506. The highest BCUT2D eigenvalue weighted by molar-refractivity contribution is 6.31. The van der Waals surface area contributed by atoms with Gasteiger partial charge in [-0.1, -0.05) is 22.8 Å². The summed E-state index contributed by atoms with van der Waals surface area (Å²) >= 11 is 5.87. The molecule has 0 aliphatic rings. The van der Waals surface area contributed by atoms with Gasteiger partial charge in [0, 0.05) is 10.6 Å². The molecule has 1 heterocycles. The van der Waals surface area contributed by atoms with Crippen molar-refractivity contribution >= 4 is 17.5 Å². The largest absolute Gasteiger partial charge is 0.344 e. The van der Waals surface area contributed by atoms with E-state index in [0.717, 1.165) is 0 Å². The van der Waals surface area contributed by atoms with Crippen LogP contribution in [0.1, 0.15) is 30.2 Å². The van der Waals surface area contributed by atoms with E-state index in [-0.39, 0.29) is 22.9 Å². The summed E-state index contributed by atoms with van der Waals surface area (Å²) in [5.41, 5.74) is 0.167. The van der Waals surface area contributed by atoms with Gasteiger partial charge in [0.15, 0.2) is 5.82 Å². The molecule has 1 aromatic heterocycles. The summed E-state index contributed by atoms with van der Waals surface area (Å²) in [5.74, 6) is -0.0944. The fourth-order valence-corrected chi connectivity index (χ4v) is 1.93. The first-order valence-electron chi connectivity index (χ1n) is 6.00. The lowest BCUT2D eigenvalue weighted by Crippen LogP contribution is -2.28. The van der Waals surface area contributed by atoms with Crippen LogP contribution < -0.4 is 5.32 Å². The molecule has 0 bridgehead atoms. The van der Waals surface area contributed by atoms with Crippen molar-refractivity contribution in [3.63, 3.8) is 0 Å². The van der Waals surface area contributed by atoms with Gasteiger partial charge in [-0.3, -0.25) is 4.79 Å². The maximum atomic E-state index is 13.6. The number of aromatic nitrogens is 2. The average molecular weight is 298 g/mol. The molecule has 0 fully saturated rings. The van der Waals surface area contributed by atoms with E-state index in [1.807, 2.05) is 0 Å². The molecule has 1 atom stereocenters. The Balaban J connectivity index is 2.02. The maximum absolute atomic E-state index is 13.6. The first-order chi connectivity index (χ1) is 9.47. The molecule has 1 unspecified atom stereocenters. The Morgan fingerprint density at radius 3 is 2.90 bits per heavy atom. The van der Waals surface area contributed by atoms with Gasteiger partial charge in [-0.15, -0.1) is 0 Å². The lowest BCUT2D eigenvalue weighted by atomic mass is 10.1. The fraction of sp³-hybridized carbons (Fsp3) is 0.308. The topological polar surface area (TPSA) is 68.0 Å². The molecular formula is C13H13ClFN3O2. The van der Waals surface area contributed by atoms with E-state index in [0.29, 0.717) is 11.7 Å². The van der Waals surface area contributed by atoms with E-state index in [4.69, 9.17) is 16.1 Å². The van der Waals surface area contributed by atoms with Crippen LogP contribution in [-0.2, 0) is 11.2 Å². The lowest BCUT2D eigenvalue weighted by Gasteiger charge is -2.10. The van der Waals surface area contributed by atoms with Crippen LogP contribution in [-0.4, -0.2) is 16.0 Å². The number of carbonyl (C=O) groups excluding carboxylic acids is 1. The summed E-state index contributed by atoms with van der Waals surface area (Å²) in [7, 11) is 0. The van der Waals surface area contributed by atoms with Crippen LogP contribution >= 0.6 is 11.6 Å². The van der Waals surface area contributed by atoms with E-state index in [1.54, 1.807) is 13.8 Å². The van der Waals surface area contributed by atoms with Crippen LogP contribution in [0.25, 0.3) is 0 Å². The van der Waals surface area contributed by atoms with E-state index < -0.39 is 11.9 Å². The second kappa shape index (κ2) is 6.00. The Morgan fingerprint density at radius 1 is 1.55 bits per heavy atom. The van der Waals surface area contributed by atoms with E-state index in [1.165, 1.54) is 18.2 Å². The van der Waals surface area contributed by atoms with Crippen molar-refractivity contribution in [1.29, 1.82) is 0 Å². The molecule has 2 rings (SSSR count). The number of amides is 1. The third-order valence-corrected chi connectivity index (χ3v) is 3.04. The zero-order valence-electron chi connectivity index (χ0n) is 11.0. The predicted octanol–water partition coefficient (Wildman–Crippen LogP) is 2.59. The molecule has 5 nitrogen and oxygen atoms in total. The first kappa shape index (κ1) is 14.5. The Bertz CT molecular complexity index is 610. The van der Waals surface area contributed by atoms with Crippen LogP contribution in [0.3, 0.4) is 0 Å². The van der Waals surface area contributed by atoms with E-state index in [9.17, 15) is 9.18 Å². The van der Waals surface area contributed by atoms with Gasteiger partial charge < -0.3 is 9.84 Å². The summed E-state index contributed by atoms with van der Waals surface area (Å²) in [6.45, 7) is 3.38. The second-order valence-electron chi connectivity index (χ2n) is 4.35. The van der Waals surface area contributed by atoms with Gasteiger partial charge >= 0.3 is 0 Å². The number of carbonyl (C=O) groups is 1. The van der Waals surface area contributed by atoms with Crippen molar-refractivity contribution in [1.82, 2.24) is 15.5 Å². The predicted molar refractivity (Wildman–Crippen MR) is 70.7 cm³/mol. The zero-order chi connectivity index (χ0) is 14.7. The van der Waals surface area contributed by atoms with E-state index in [2.05, 4.69) is 15.5 Å². The normalized spacial score (nSPS) is 12.2. The molecule has 0 saturated carbocycles. The smallest absolute Gasteiger partial charge is 0.248 e. The number of rotatable bonds is 4. The van der Waals surface area contributed by atoms with Gasteiger partial charge in [0.2, 0.25) is 11.8 Å². The minimum Gasteiger partial charge on any atom is -0.344 e. The van der Waals surface area contributed by atoms with Crippen molar-refractivity contribution < 1.29 is 13.7 Å². The Labute approximate surface area is 120 Å². The second-order valence-corrected chi connectivity index (χ2v) is 4.75. The molecule has 1 N–H and O–H groups in total. The van der Waals surface area contributed by atoms with Crippen LogP contribution in [0.15, 0.2) is 22.7 Å². The van der Waals surface area contributed by atoms with Crippen molar-refractivity contribution in [2.24, 2.45) is 0 Å². The third kappa shape index (κ3) is 3.33. The number of aryl methyl sites for hydroxylation is 1. The van der Waals surface area contributed by atoms with Crippen molar-refractivity contribution in [3.8, 4) is 0 Å². The van der Waals surface area contributed by atoms with Crippen molar-refractivity contribution in [2.45, 2.75) is 26.3 Å². The molecule has 1 aromatic carbocycles. The molecule has 0 spiro atoms. The Morgan fingerprint density at radius 2 is 2.30 bits per heavy atom. The highest BCUT2D eigenvalue weighted by atomic mass is 35.5. The number of benzene rings is 1. The molecule has 0 saturated heterocycles. The number of hydrogen-bond donors (Lipinski definition) is 1. The van der Waals surface area contributed by atoms with Gasteiger partial charge in [-0.25, -0.2) is 4.39 Å². The third-order valence-electron chi connectivity index (χ3n) is 2.69. The van der Waals surface area contributed by atoms with Gasteiger partial charge in [-0.2, -0.15) is 4.98 Å². The Kier molecular flexibility index (Phi) is 4.34. The van der Waals surface area contributed by atoms with E-state index >= 15 is 0 Å². The monoisotopic (exact) mass is 297 g/mol. The summed E-state index contributed by atoms with van der Waals surface area (Å²) < 4.78 is 18.5. The van der Waals surface area contributed by atoms with Gasteiger partial charge in [-0.05, 0) is 26.0 Å². The average Bonchev–Trinajstić information content (AvgIpc) is 2.81. The summed E-state index contributed by atoms with van der Waals surface area (Å²) in [5, 5.41) is 6.51. The van der Waals surface area contributed by atoms with Gasteiger partial charge in [0.05, 0.1) is 6.42 Å². The summed E-state index contributed by atoms with van der Waals surface area (Å²) in [6.07, 6.45) is -0.150. The molecule has 1 amide bonds. The summed E-state index contributed by atoms with van der Waals surface area (Å²) in [4.78, 5) is 15.9. The maximum Gasteiger partial charge on any atom is 0.248 e. The molecule has 7 heteroatoms. The molecule has 0 radical (unpaired) electrons. The fourth-order valence-electron chi connectivity index (χ4n) is 1.71. The highest BCUT2D eigenvalue weighted by Gasteiger charge is 2.17. The quantitative estimate of drug-likeness (QED) is 0.942. The minimum absolute atomic E-state index is 0.150.